The maximum atomic E-state index is 11.0. The summed E-state index contributed by atoms with van der Waals surface area (Å²) in [5, 5.41) is 9.73. The summed E-state index contributed by atoms with van der Waals surface area (Å²) in [7, 11) is 0. The molecule has 0 aliphatic rings. The molecule has 0 aromatic heterocycles. The number of rotatable bonds is 2. The summed E-state index contributed by atoms with van der Waals surface area (Å²) in [5.74, 6) is -0.105. The minimum Gasteiger partial charge on any atom is -0.507 e. The van der Waals surface area contributed by atoms with Crippen molar-refractivity contribution in [2.45, 2.75) is 13.8 Å². The van der Waals surface area contributed by atoms with Crippen molar-refractivity contribution in [3.63, 3.8) is 0 Å². The lowest BCUT2D eigenvalue weighted by Gasteiger charge is -2.08. The summed E-state index contributed by atoms with van der Waals surface area (Å²) in [6, 6.07) is 10.9. The molecule has 0 unspecified atom stereocenters. The minimum absolute atomic E-state index is 0.326. The summed E-state index contributed by atoms with van der Waals surface area (Å²) in [5.41, 5.74) is 9.37. The molecule has 3 N–H and O–H groups in total. The van der Waals surface area contributed by atoms with Gasteiger partial charge < -0.3 is 10.8 Å². The van der Waals surface area contributed by atoms with E-state index in [0.717, 1.165) is 22.3 Å². The van der Waals surface area contributed by atoms with Gasteiger partial charge in [-0.15, -0.1) is 0 Å². The Kier molecular flexibility index (Phi) is 3.06. The molecular weight excluding hydrogens is 226 g/mol. The average Bonchev–Trinajstić information content (AvgIpc) is 2.35. The lowest BCUT2D eigenvalue weighted by atomic mass is 9.99. The van der Waals surface area contributed by atoms with Gasteiger partial charge in [-0.25, -0.2) is 0 Å². The van der Waals surface area contributed by atoms with Gasteiger partial charge in [0.1, 0.15) is 5.75 Å². The largest absolute Gasteiger partial charge is 0.507 e. The molecule has 2 rings (SSSR count). The summed E-state index contributed by atoms with van der Waals surface area (Å²) < 4.78 is 0. The van der Waals surface area contributed by atoms with E-state index >= 15 is 0 Å². The van der Waals surface area contributed by atoms with E-state index in [1.54, 1.807) is 12.1 Å². The van der Waals surface area contributed by atoms with Crippen LogP contribution in [0.1, 0.15) is 21.5 Å². The van der Waals surface area contributed by atoms with Crippen LogP contribution in [0.2, 0.25) is 0 Å². The monoisotopic (exact) mass is 241 g/mol. The molecule has 0 heterocycles. The number of benzene rings is 2. The van der Waals surface area contributed by atoms with Crippen LogP contribution in [0, 0.1) is 13.8 Å². The second kappa shape index (κ2) is 4.53. The second-order valence-electron chi connectivity index (χ2n) is 4.40. The highest BCUT2D eigenvalue weighted by atomic mass is 16.3. The number of carbonyl (C=O) groups is 1. The van der Waals surface area contributed by atoms with Crippen LogP contribution in [0.25, 0.3) is 11.1 Å². The second-order valence-corrected chi connectivity index (χ2v) is 4.40. The summed E-state index contributed by atoms with van der Waals surface area (Å²) in [6.45, 7) is 3.73. The highest BCUT2D eigenvalue weighted by Gasteiger charge is 2.06. The lowest BCUT2D eigenvalue weighted by Crippen LogP contribution is -2.10. The first-order chi connectivity index (χ1) is 8.49. The molecule has 0 aliphatic heterocycles. The number of carbonyl (C=O) groups excluding carboxylic acids is 1. The van der Waals surface area contributed by atoms with Crippen LogP contribution in [-0.4, -0.2) is 11.0 Å². The van der Waals surface area contributed by atoms with Crippen molar-refractivity contribution in [2.24, 2.45) is 5.73 Å². The first-order valence-electron chi connectivity index (χ1n) is 5.69. The fourth-order valence-electron chi connectivity index (χ4n) is 1.95. The third-order valence-corrected chi connectivity index (χ3v) is 2.99. The number of hydrogen-bond acceptors (Lipinski definition) is 2. The fraction of sp³-hybridized carbons (Fsp3) is 0.133. The summed E-state index contributed by atoms with van der Waals surface area (Å²) in [6.07, 6.45) is 0. The maximum Gasteiger partial charge on any atom is 0.248 e. The Morgan fingerprint density at radius 2 is 1.50 bits per heavy atom. The van der Waals surface area contributed by atoms with Crippen molar-refractivity contribution in [3.8, 4) is 16.9 Å². The third-order valence-electron chi connectivity index (χ3n) is 2.99. The molecule has 0 saturated carbocycles. The Labute approximate surface area is 106 Å². The number of nitrogens with two attached hydrogens (primary N) is 1. The summed E-state index contributed by atoms with van der Waals surface area (Å²) in [4.78, 5) is 11.0. The maximum absolute atomic E-state index is 11.0. The summed E-state index contributed by atoms with van der Waals surface area (Å²) >= 11 is 0. The minimum atomic E-state index is -0.431. The van der Waals surface area contributed by atoms with Gasteiger partial charge >= 0.3 is 0 Å². The average molecular weight is 241 g/mol. The normalized spacial score (nSPS) is 10.3. The predicted octanol–water partition coefficient (Wildman–Crippen LogP) is 2.77. The molecule has 0 fully saturated rings. The van der Waals surface area contributed by atoms with Crippen molar-refractivity contribution < 1.29 is 9.90 Å². The Balaban J connectivity index is 2.46. The third kappa shape index (κ3) is 2.20. The highest BCUT2D eigenvalue weighted by molar-refractivity contribution is 5.93. The van der Waals surface area contributed by atoms with E-state index in [9.17, 15) is 9.90 Å². The number of amides is 1. The van der Waals surface area contributed by atoms with Gasteiger partial charge in [0.15, 0.2) is 0 Å². The Morgan fingerprint density at radius 1 is 1.00 bits per heavy atom. The van der Waals surface area contributed by atoms with Gasteiger partial charge in [0.05, 0.1) is 0 Å². The molecular formula is C15H15NO2. The van der Waals surface area contributed by atoms with E-state index < -0.39 is 5.91 Å². The van der Waals surface area contributed by atoms with E-state index in [4.69, 9.17) is 5.73 Å². The topological polar surface area (TPSA) is 63.3 Å². The van der Waals surface area contributed by atoms with E-state index in [2.05, 4.69) is 0 Å². The molecule has 3 nitrogen and oxygen atoms in total. The molecule has 0 spiro atoms. The van der Waals surface area contributed by atoms with E-state index in [0.29, 0.717) is 11.3 Å². The predicted molar refractivity (Wildman–Crippen MR) is 71.5 cm³/mol. The number of aryl methyl sites for hydroxylation is 2. The molecule has 0 aliphatic carbocycles. The zero-order valence-electron chi connectivity index (χ0n) is 10.4. The van der Waals surface area contributed by atoms with Gasteiger partial charge in [0.2, 0.25) is 5.91 Å². The zero-order valence-corrected chi connectivity index (χ0v) is 10.4. The number of aromatic hydroxyl groups is 1. The first-order valence-corrected chi connectivity index (χ1v) is 5.69. The Morgan fingerprint density at radius 3 is 1.94 bits per heavy atom. The standard InChI is InChI=1S/C15H15NO2/c1-9-7-13(8-10(2)14(9)17)11-3-5-12(6-4-11)15(16)18/h3-8,17H,1-2H3,(H2,16,18). The van der Waals surface area contributed by atoms with E-state index in [1.165, 1.54) is 0 Å². The molecule has 3 heteroatoms. The van der Waals surface area contributed by atoms with Crippen LogP contribution in [0.5, 0.6) is 5.75 Å². The van der Waals surface area contributed by atoms with Crippen LogP contribution >= 0.6 is 0 Å². The fourth-order valence-corrected chi connectivity index (χ4v) is 1.95. The van der Waals surface area contributed by atoms with Gasteiger partial charge in [-0.3, -0.25) is 4.79 Å². The SMILES string of the molecule is Cc1cc(-c2ccc(C(N)=O)cc2)cc(C)c1O. The number of phenolic OH excluding ortho intramolecular Hbond substituents is 1. The van der Waals surface area contributed by atoms with E-state index in [-0.39, 0.29) is 0 Å². The molecule has 0 atom stereocenters. The van der Waals surface area contributed by atoms with Gasteiger partial charge in [-0.2, -0.15) is 0 Å². The molecule has 92 valence electrons. The van der Waals surface area contributed by atoms with Gasteiger partial charge in [-0.05, 0) is 60.4 Å². The highest BCUT2D eigenvalue weighted by Crippen LogP contribution is 2.29. The van der Waals surface area contributed by atoms with E-state index in [1.807, 2.05) is 38.1 Å². The zero-order chi connectivity index (χ0) is 13.3. The molecule has 2 aromatic rings. The molecule has 2 aromatic carbocycles. The van der Waals surface area contributed by atoms with Crippen molar-refractivity contribution in [2.75, 3.05) is 0 Å². The van der Waals surface area contributed by atoms with Crippen LogP contribution in [0.3, 0.4) is 0 Å². The van der Waals surface area contributed by atoms with Crippen LogP contribution in [0.15, 0.2) is 36.4 Å². The van der Waals surface area contributed by atoms with Crippen LogP contribution in [0.4, 0.5) is 0 Å². The Hall–Kier alpha value is -2.29. The van der Waals surface area contributed by atoms with Crippen LogP contribution in [-0.2, 0) is 0 Å². The molecule has 1 amide bonds. The van der Waals surface area contributed by atoms with Crippen LogP contribution < -0.4 is 5.73 Å². The van der Waals surface area contributed by atoms with Gasteiger partial charge in [-0.1, -0.05) is 12.1 Å². The molecule has 0 saturated heterocycles. The number of primary amides is 1. The smallest absolute Gasteiger partial charge is 0.248 e. The number of phenols is 1. The van der Waals surface area contributed by atoms with Gasteiger partial charge in [0.25, 0.3) is 0 Å². The lowest BCUT2D eigenvalue weighted by molar-refractivity contribution is 0.100. The Bertz CT molecular complexity index is 577. The van der Waals surface area contributed by atoms with Crippen molar-refractivity contribution >= 4 is 5.91 Å². The molecule has 0 radical (unpaired) electrons. The molecule has 18 heavy (non-hydrogen) atoms. The number of hydrogen-bond donors (Lipinski definition) is 2. The van der Waals surface area contributed by atoms with Gasteiger partial charge in [0, 0.05) is 5.56 Å². The van der Waals surface area contributed by atoms with Crippen molar-refractivity contribution in [3.05, 3.63) is 53.1 Å². The quantitative estimate of drug-likeness (QED) is 0.849. The van der Waals surface area contributed by atoms with Crippen molar-refractivity contribution in [1.29, 1.82) is 0 Å². The molecule has 0 bridgehead atoms. The van der Waals surface area contributed by atoms with Crippen molar-refractivity contribution in [1.82, 2.24) is 0 Å². The first kappa shape index (κ1) is 12.2.